The summed E-state index contributed by atoms with van der Waals surface area (Å²) in [5.74, 6) is -3.25. The normalized spacial score (nSPS) is 28.9. The molecule has 0 radical (unpaired) electrons. The quantitative estimate of drug-likeness (QED) is 0.406. The maximum absolute atomic E-state index is 14.0. The van der Waals surface area contributed by atoms with Gasteiger partial charge in [-0.25, -0.2) is 0 Å². The van der Waals surface area contributed by atoms with Crippen molar-refractivity contribution in [2.75, 3.05) is 5.32 Å². The Balaban J connectivity index is 1.46. The zero-order chi connectivity index (χ0) is 24.7. The number of benzene rings is 3. The summed E-state index contributed by atoms with van der Waals surface area (Å²) in [7, 11) is 0. The molecule has 1 N–H and O–H groups in total. The number of rotatable bonds is 3. The molecule has 0 saturated carbocycles. The Morgan fingerprint density at radius 2 is 1.20 bits per heavy atom. The minimum atomic E-state index is -1.26. The predicted molar refractivity (Wildman–Crippen MR) is 134 cm³/mol. The van der Waals surface area contributed by atoms with E-state index >= 15 is 0 Å². The van der Waals surface area contributed by atoms with E-state index in [-0.39, 0.29) is 0 Å². The second kappa shape index (κ2) is 7.42. The maximum Gasteiger partial charge on any atom is 0.247 e. The molecule has 7 heteroatoms. The van der Waals surface area contributed by atoms with Crippen molar-refractivity contribution in [2.24, 2.45) is 11.8 Å². The van der Waals surface area contributed by atoms with Gasteiger partial charge in [0.25, 0.3) is 0 Å². The number of amides is 3. The molecule has 2 bridgehead atoms. The second-order valence-corrected chi connectivity index (χ2v) is 10.7. The Hall–Kier alpha value is -3.15. The van der Waals surface area contributed by atoms with Crippen molar-refractivity contribution in [2.45, 2.75) is 29.6 Å². The molecule has 1 fully saturated rings. The highest BCUT2D eigenvalue weighted by molar-refractivity contribution is 6.36. The average molecular weight is 505 g/mol. The summed E-state index contributed by atoms with van der Waals surface area (Å²) >= 11 is 14.8. The maximum atomic E-state index is 14.0. The first-order valence-corrected chi connectivity index (χ1v) is 12.3. The Morgan fingerprint density at radius 3 is 1.63 bits per heavy atom. The van der Waals surface area contributed by atoms with E-state index in [2.05, 4.69) is 5.32 Å². The molecule has 1 heterocycles. The zero-order valence-corrected chi connectivity index (χ0v) is 20.6. The lowest BCUT2D eigenvalue weighted by molar-refractivity contribution is -0.146. The lowest BCUT2D eigenvalue weighted by Gasteiger charge is -2.54. The van der Waals surface area contributed by atoms with Gasteiger partial charge in [0, 0.05) is 5.69 Å². The van der Waals surface area contributed by atoms with Crippen LogP contribution in [0, 0.1) is 18.8 Å². The van der Waals surface area contributed by atoms with E-state index in [1.165, 1.54) is 0 Å². The van der Waals surface area contributed by atoms with Crippen LogP contribution in [-0.2, 0) is 24.1 Å². The molecule has 1 saturated heterocycles. The van der Waals surface area contributed by atoms with Crippen molar-refractivity contribution in [1.29, 1.82) is 0 Å². The highest BCUT2D eigenvalue weighted by Crippen LogP contribution is 2.69. The van der Waals surface area contributed by atoms with Gasteiger partial charge in [-0.15, -0.1) is 23.2 Å². The number of para-hydroxylation sites is 1. The van der Waals surface area contributed by atoms with Crippen LogP contribution < -0.4 is 5.32 Å². The van der Waals surface area contributed by atoms with E-state index in [4.69, 9.17) is 23.2 Å². The molecule has 3 aliphatic carbocycles. The van der Waals surface area contributed by atoms with E-state index in [1.807, 2.05) is 73.7 Å². The topological polar surface area (TPSA) is 66.5 Å². The van der Waals surface area contributed by atoms with Crippen LogP contribution in [-0.4, -0.2) is 28.7 Å². The Bertz CT molecular complexity index is 1310. The molecule has 3 amide bonds. The lowest BCUT2D eigenvalue weighted by Crippen LogP contribution is -2.57. The molecule has 3 aromatic rings. The molecule has 4 aliphatic rings. The summed E-state index contributed by atoms with van der Waals surface area (Å²) in [6.07, 6.45) is 0. The van der Waals surface area contributed by atoms with Gasteiger partial charge in [-0.05, 0) is 47.7 Å². The second-order valence-electron chi connectivity index (χ2n) is 9.50. The van der Waals surface area contributed by atoms with Gasteiger partial charge in [0.05, 0.1) is 11.8 Å². The molecular weight excluding hydrogens is 483 g/mol. The minimum Gasteiger partial charge on any atom is -0.324 e. The number of carbonyl (C=O) groups excluding carboxylic acids is 3. The van der Waals surface area contributed by atoms with Crippen LogP contribution in [0.15, 0.2) is 72.8 Å². The first-order valence-electron chi connectivity index (χ1n) is 11.5. The molecule has 0 aromatic heterocycles. The number of halogens is 2. The number of likely N-dealkylation sites (tertiary alicyclic amines) is 1. The Morgan fingerprint density at radius 1 is 0.800 bits per heavy atom. The number of carbonyl (C=O) groups is 3. The number of hydrogen-bond acceptors (Lipinski definition) is 3. The van der Waals surface area contributed by atoms with Crippen LogP contribution in [0.1, 0.15) is 34.7 Å². The van der Waals surface area contributed by atoms with Gasteiger partial charge >= 0.3 is 0 Å². The predicted octanol–water partition coefficient (Wildman–Crippen LogP) is 4.92. The van der Waals surface area contributed by atoms with E-state index in [1.54, 1.807) is 13.0 Å². The van der Waals surface area contributed by atoms with Gasteiger partial charge in [0.15, 0.2) is 0 Å². The van der Waals surface area contributed by atoms with Crippen molar-refractivity contribution in [3.05, 3.63) is 101 Å². The van der Waals surface area contributed by atoms with Gasteiger partial charge in [-0.3, -0.25) is 19.3 Å². The Kier molecular flexibility index (Phi) is 4.73. The van der Waals surface area contributed by atoms with Crippen LogP contribution in [0.4, 0.5) is 5.69 Å². The first-order chi connectivity index (χ1) is 16.7. The number of nitrogens with zero attached hydrogens (tertiary/aromatic N) is 1. The van der Waals surface area contributed by atoms with Gasteiger partial charge in [0.2, 0.25) is 17.7 Å². The lowest BCUT2D eigenvalue weighted by atomic mass is 9.54. The zero-order valence-electron chi connectivity index (χ0n) is 19.1. The van der Waals surface area contributed by atoms with Crippen LogP contribution in [0.5, 0.6) is 0 Å². The summed E-state index contributed by atoms with van der Waals surface area (Å²) < 4.78 is 0. The molecule has 0 spiro atoms. The third-order valence-corrected chi connectivity index (χ3v) is 9.07. The minimum absolute atomic E-state index is 0.450. The number of alkyl halides is 2. The summed E-state index contributed by atoms with van der Waals surface area (Å²) in [6.45, 7) is 3.44. The van der Waals surface area contributed by atoms with Crippen LogP contribution in [0.3, 0.4) is 0 Å². The molecule has 1 aliphatic heterocycles. The first kappa shape index (κ1) is 22.3. The fourth-order valence-corrected chi connectivity index (χ4v) is 7.24. The van der Waals surface area contributed by atoms with Crippen molar-refractivity contribution >= 4 is 46.6 Å². The number of aryl methyl sites for hydroxylation is 1. The average Bonchev–Trinajstić information content (AvgIpc) is 3.14. The molecular formula is C28H22Cl2N2O3. The molecule has 3 aromatic carbocycles. The smallest absolute Gasteiger partial charge is 0.247 e. The molecule has 35 heavy (non-hydrogen) atoms. The fraction of sp³-hybridized carbons (Fsp3) is 0.250. The van der Waals surface area contributed by atoms with Gasteiger partial charge in [-0.1, -0.05) is 66.7 Å². The van der Waals surface area contributed by atoms with Crippen molar-refractivity contribution < 1.29 is 14.4 Å². The highest BCUT2D eigenvalue weighted by atomic mass is 35.5. The summed E-state index contributed by atoms with van der Waals surface area (Å²) in [5.41, 5.74) is 4.44. The molecule has 3 atom stereocenters. The van der Waals surface area contributed by atoms with Crippen molar-refractivity contribution in [3.8, 4) is 0 Å². The number of anilines is 1. The third-order valence-electron chi connectivity index (χ3n) is 7.79. The fourth-order valence-electron chi connectivity index (χ4n) is 6.14. The monoisotopic (exact) mass is 504 g/mol. The third kappa shape index (κ3) is 2.68. The highest BCUT2D eigenvalue weighted by Gasteiger charge is 2.73. The summed E-state index contributed by atoms with van der Waals surface area (Å²) in [4.78, 5) is 39.6. The van der Waals surface area contributed by atoms with E-state index < -0.39 is 45.3 Å². The van der Waals surface area contributed by atoms with Crippen molar-refractivity contribution in [3.63, 3.8) is 0 Å². The SMILES string of the molecule is Cc1ccccc1NC(=O)[C@@H](C)N1C(=O)[C@@H]2[C@H](C1=O)C1(Cl)c3ccccc3C2(Cl)c2ccccc21. The largest absolute Gasteiger partial charge is 0.324 e. The summed E-state index contributed by atoms with van der Waals surface area (Å²) in [6, 6.07) is 21.2. The van der Waals surface area contributed by atoms with E-state index in [0.717, 1.165) is 32.7 Å². The number of nitrogens with one attached hydrogen (secondary N) is 1. The molecule has 5 nitrogen and oxygen atoms in total. The van der Waals surface area contributed by atoms with Gasteiger partial charge < -0.3 is 5.32 Å². The van der Waals surface area contributed by atoms with E-state index in [9.17, 15) is 14.4 Å². The van der Waals surface area contributed by atoms with Crippen LogP contribution in [0.25, 0.3) is 0 Å². The van der Waals surface area contributed by atoms with Crippen LogP contribution >= 0.6 is 23.2 Å². The Labute approximate surface area is 213 Å². The van der Waals surface area contributed by atoms with Gasteiger partial charge in [-0.2, -0.15) is 0 Å². The number of hydrogen-bond donors (Lipinski definition) is 1. The van der Waals surface area contributed by atoms with Crippen LogP contribution in [0.2, 0.25) is 0 Å². The molecule has 176 valence electrons. The summed E-state index contributed by atoms with van der Waals surface area (Å²) in [5, 5.41) is 2.85. The molecule has 7 rings (SSSR count). The van der Waals surface area contributed by atoms with E-state index in [0.29, 0.717) is 5.69 Å². The van der Waals surface area contributed by atoms with Crippen molar-refractivity contribution in [1.82, 2.24) is 4.90 Å². The number of imide groups is 1. The molecule has 0 unspecified atom stereocenters. The standard InChI is InChI=1S/C28H22Cl2N2O3/c1-15-9-3-8-14-21(15)31-24(33)16(2)32-25(34)22-23(26(32)35)28(30)18-11-5-4-10-17(18)27(22,29)19-12-6-7-13-20(19)28/h3-14,16,22-23H,1-2H3,(H,31,33)/t16-,22-,23+,27?,28?/m1/s1. The van der Waals surface area contributed by atoms with Gasteiger partial charge in [0.1, 0.15) is 15.8 Å².